The van der Waals surface area contributed by atoms with Crippen LogP contribution in [0.1, 0.15) is 37.2 Å². The van der Waals surface area contributed by atoms with E-state index in [1.54, 1.807) is 19.4 Å². The van der Waals surface area contributed by atoms with Crippen molar-refractivity contribution in [2.24, 2.45) is 0 Å². The standard InChI is InChI=1S/C15H18N2O2/c1-11(18)14-5-2-8-16-15(14)17(12-6-7-12)10-13-4-3-9-19-13/h2-5,8-9,11-12,18H,6-7,10H2,1H3/t11-/m1/s1. The summed E-state index contributed by atoms with van der Waals surface area (Å²) in [6.45, 7) is 2.48. The number of hydrogen-bond donors (Lipinski definition) is 1. The third kappa shape index (κ3) is 2.63. The summed E-state index contributed by atoms with van der Waals surface area (Å²) in [5, 5.41) is 9.89. The SMILES string of the molecule is C[C@@H](O)c1cccnc1N(Cc1ccco1)C1CC1. The summed E-state index contributed by atoms with van der Waals surface area (Å²) in [7, 11) is 0. The maximum absolute atomic E-state index is 9.89. The van der Waals surface area contributed by atoms with Gasteiger partial charge in [-0.3, -0.25) is 0 Å². The Bertz CT molecular complexity index is 533. The monoisotopic (exact) mass is 258 g/mol. The molecule has 1 fully saturated rings. The van der Waals surface area contributed by atoms with E-state index in [1.807, 2.05) is 24.3 Å². The predicted molar refractivity (Wildman–Crippen MR) is 72.8 cm³/mol. The summed E-state index contributed by atoms with van der Waals surface area (Å²) in [6.07, 6.45) is 5.31. The molecule has 0 spiro atoms. The van der Waals surface area contributed by atoms with Crippen LogP contribution in [0.4, 0.5) is 5.82 Å². The molecule has 3 rings (SSSR count). The van der Waals surface area contributed by atoms with Gasteiger partial charge in [0.25, 0.3) is 0 Å². The molecule has 0 radical (unpaired) electrons. The number of nitrogens with zero attached hydrogens (tertiary/aromatic N) is 2. The van der Waals surface area contributed by atoms with E-state index < -0.39 is 6.10 Å². The average molecular weight is 258 g/mol. The number of aliphatic hydroxyl groups is 1. The molecule has 2 aromatic rings. The summed E-state index contributed by atoms with van der Waals surface area (Å²) in [5.41, 5.74) is 0.876. The van der Waals surface area contributed by atoms with E-state index >= 15 is 0 Å². The lowest BCUT2D eigenvalue weighted by molar-refractivity contribution is 0.199. The van der Waals surface area contributed by atoms with Gasteiger partial charge in [-0.25, -0.2) is 4.98 Å². The van der Waals surface area contributed by atoms with Crippen LogP contribution in [0.5, 0.6) is 0 Å². The molecule has 0 aromatic carbocycles. The average Bonchev–Trinajstić information content (AvgIpc) is 3.13. The summed E-state index contributed by atoms with van der Waals surface area (Å²) >= 11 is 0. The maximum Gasteiger partial charge on any atom is 0.134 e. The second-order valence-corrected chi connectivity index (χ2v) is 5.03. The van der Waals surface area contributed by atoms with Crippen molar-refractivity contribution in [1.82, 2.24) is 4.98 Å². The van der Waals surface area contributed by atoms with Crippen molar-refractivity contribution in [3.63, 3.8) is 0 Å². The maximum atomic E-state index is 9.89. The number of rotatable bonds is 5. The lowest BCUT2D eigenvalue weighted by atomic mass is 10.1. The Kier molecular flexibility index (Phi) is 3.25. The van der Waals surface area contributed by atoms with Crippen molar-refractivity contribution in [3.8, 4) is 0 Å². The number of anilines is 1. The molecule has 1 atom stereocenters. The van der Waals surface area contributed by atoms with E-state index in [-0.39, 0.29) is 0 Å². The van der Waals surface area contributed by atoms with Crippen molar-refractivity contribution >= 4 is 5.82 Å². The summed E-state index contributed by atoms with van der Waals surface area (Å²) in [6, 6.07) is 8.18. The van der Waals surface area contributed by atoms with Crippen LogP contribution in [0.15, 0.2) is 41.1 Å². The first-order valence-corrected chi connectivity index (χ1v) is 6.67. The second kappa shape index (κ2) is 5.05. The van der Waals surface area contributed by atoms with Gasteiger partial charge in [-0.15, -0.1) is 0 Å². The molecule has 1 aliphatic carbocycles. The fraction of sp³-hybridized carbons (Fsp3) is 0.400. The predicted octanol–water partition coefficient (Wildman–Crippen LogP) is 2.90. The minimum absolute atomic E-state index is 0.512. The van der Waals surface area contributed by atoms with Gasteiger partial charge in [0.2, 0.25) is 0 Å². The zero-order chi connectivity index (χ0) is 13.2. The topological polar surface area (TPSA) is 49.5 Å². The van der Waals surface area contributed by atoms with Crippen molar-refractivity contribution in [1.29, 1.82) is 0 Å². The minimum Gasteiger partial charge on any atom is -0.467 e. The fourth-order valence-corrected chi connectivity index (χ4v) is 2.31. The molecule has 1 saturated carbocycles. The van der Waals surface area contributed by atoms with Crippen LogP contribution in [0.2, 0.25) is 0 Å². The van der Waals surface area contributed by atoms with Gasteiger partial charge < -0.3 is 14.4 Å². The van der Waals surface area contributed by atoms with Crippen LogP contribution < -0.4 is 4.90 Å². The van der Waals surface area contributed by atoms with E-state index in [4.69, 9.17) is 4.42 Å². The summed E-state index contributed by atoms with van der Waals surface area (Å²) < 4.78 is 5.43. The van der Waals surface area contributed by atoms with Crippen LogP contribution in [-0.2, 0) is 6.54 Å². The molecule has 0 amide bonds. The molecule has 0 aliphatic heterocycles. The van der Waals surface area contributed by atoms with Gasteiger partial charge in [-0.1, -0.05) is 6.07 Å². The van der Waals surface area contributed by atoms with Crippen molar-refractivity contribution in [3.05, 3.63) is 48.0 Å². The largest absolute Gasteiger partial charge is 0.467 e. The lowest BCUT2D eigenvalue weighted by Gasteiger charge is -2.25. The molecule has 4 nitrogen and oxygen atoms in total. The molecule has 0 saturated heterocycles. The first-order valence-electron chi connectivity index (χ1n) is 6.67. The summed E-state index contributed by atoms with van der Waals surface area (Å²) in [4.78, 5) is 6.70. The zero-order valence-electron chi connectivity index (χ0n) is 11.0. The highest BCUT2D eigenvalue weighted by Gasteiger charge is 2.32. The number of hydrogen-bond acceptors (Lipinski definition) is 4. The smallest absolute Gasteiger partial charge is 0.134 e. The van der Waals surface area contributed by atoms with Crippen molar-refractivity contribution in [2.75, 3.05) is 4.90 Å². The highest BCUT2D eigenvalue weighted by atomic mass is 16.3. The molecule has 4 heteroatoms. The van der Waals surface area contributed by atoms with E-state index in [2.05, 4.69) is 9.88 Å². The quantitative estimate of drug-likeness (QED) is 0.896. The molecule has 0 unspecified atom stereocenters. The van der Waals surface area contributed by atoms with Crippen molar-refractivity contribution < 1.29 is 9.52 Å². The highest BCUT2D eigenvalue weighted by Crippen LogP contribution is 2.35. The summed E-state index contributed by atoms with van der Waals surface area (Å²) in [5.74, 6) is 1.80. The Hall–Kier alpha value is -1.81. The van der Waals surface area contributed by atoms with Crippen LogP contribution in [-0.4, -0.2) is 16.1 Å². The molecular formula is C15H18N2O2. The van der Waals surface area contributed by atoms with Crippen LogP contribution in [0.3, 0.4) is 0 Å². The van der Waals surface area contributed by atoms with Crippen LogP contribution in [0.25, 0.3) is 0 Å². The molecule has 1 aliphatic rings. The second-order valence-electron chi connectivity index (χ2n) is 5.03. The van der Waals surface area contributed by atoms with Crippen molar-refractivity contribution in [2.45, 2.75) is 38.5 Å². The lowest BCUT2D eigenvalue weighted by Crippen LogP contribution is -2.27. The van der Waals surface area contributed by atoms with Gasteiger partial charge in [-0.2, -0.15) is 0 Å². The highest BCUT2D eigenvalue weighted by molar-refractivity contribution is 5.50. The van der Waals surface area contributed by atoms with E-state index in [9.17, 15) is 5.11 Å². The third-order valence-electron chi connectivity index (χ3n) is 3.43. The number of aliphatic hydroxyl groups excluding tert-OH is 1. The number of aromatic nitrogens is 1. The number of furan rings is 1. The van der Waals surface area contributed by atoms with Crippen LogP contribution >= 0.6 is 0 Å². The third-order valence-corrected chi connectivity index (χ3v) is 3.43. The van der Waals surface area contributed by atoms with Gasteiger partial charge in [0.15, 0.2) is 0 Å². The first-order chi connectivity index (χ1) is 9.25. The Morgan fingerprint density at radius 3 is 2.89 bits per heavy atom. The normalized spacial score (nSPS) is 16.3. The Labute approximate surface area is 112 Å². The molecule has 2 aromatic heterocycles. The Balaban J connectivity index is 1.92. The molecule has 0 bridgehead atoms. The fourth-order valence-electron chi connectivity index (χ4n) is 2.31. The minimum atomic E-state index is -0.512. The molecule has 19 heavy (non-hydrogen) atoms. The zero-order valence-corrected chi connectivity index (χ0v) is 11.0. The molecule has 1 N–H and O–H groups in total. The van der Waals surface area contributed by atoms with Crippen LogP contribution in [0, 0.1) is 0 Å². The van der Waals surface area contributed by atoms with E-state index in [0.29, 0.717) is 12.6 Å². The molecule has 100 valence electrons. The van der Waals surface area contributed by atoms with Gasteiger partial charge in [0.05, 0.1) is 18.9 Å². The Morgan fingerprint density at radius 1 is 1.42 bits per heavy atom. The van der Waals surface area contributed by atoms with Gasteiger partial charge in [-0.05, 0) is 38.0 Å². The van der Waals surface area contributed by atoms with Gasteiger partial charge in [0.1, 0.15) is 11.6 Å². The van der Waals surface area contributed by atoms with Gasteiger partial charge >= 0.3 is 0 Å². The number of pyridine rings is 1. The van der Waals surface area contributed by atoms with Gasteiger partial charge in [0, 0.05) is 17.8 Å². The van der Waals surface area contributed by atoms with E-state index in [1.165, 1.54) is 12.8 Å². The first kappa shape index (κ1) is 12.2. The van der Waals surface area contributed by atoms with E-state index in [0.717, 1.165) is 17.1 Å². The molecular weight excluding hydrogens is 240 g/mol. The molecule has 2 heterocycles. The Morgan fingerprint density at radius 2 is 2.26 bits per heavy atom.